The summed E-state index contributed by atoms with van der Waals surface area (Å²) < 4.78 is 0. The predicted molar refractivity (Wildman–Crippen MR) is 98.1 cm³/mol. The van der Waals surface area contributed by atoms with Gasteiger partial charge in [0.05, 0.1) is 4.92 Å². The molecule has 0 atom stereocenters. The van der Waals surface area contributed by atoms with Crippen LogP contribution in [-0.2, 0) is 0 Å². The third-order valence-electron chi connectivity index (χ3n) is 3.84. The van der Waals surface area contributed by atoms with Gasteiger partial charge >= 0.3 is 0 Å². The second kappa shape index (κ2) is 6.50. The van der Waals surface area contributed by atoms with E-state index in [4.69, 9.17) is 0 Å². The smallest absolute Gasteiger partial charge is 0.295 e. The van der Waals surface area contributed by atoms with Crippen LogP contribution < -0.4 is 4.90 Å². The summed E-state index contributed by atoms with van der Waals surface area (Å²) >= 11 is 0. The first-order valence-electron chi connectivity index (χ1n) is 7.54. The second-order valence-electron chi connectivity index (χ2n) is 5.65. The maximum atomic E-state index is 11.1. The molecular formula is C19H17N3O2. The minimum atomic E-state index is -0.400. The molecule has 5 heteroatoms. The fraction of sp³-hybridized carbons (Fsp3) is 0.105. The summed E-state index contributed by atoms with van der Waals surface area (Å²) in [6, 6.07) is 15.1. The van der Waals surface area contributed by atoms with Crippen LogP contribution in [0.25, 0.3) is 23.1 Å². The van der Waals surface area contributed by atoms with Gasteiger partial charge in [0.25, 0.3) is 5.69 Å². The van der Waals surface area contributed by atoms with E-state index >= 15 is 0 Å². The summed E-state index contributed by atoms with van der Waals surface area (Å²) in [5, 5.41) is 11.9. The molecule has 0 bridgehead atoms. The van der Waals surface area contributed by atoms with E-state index in [1.165, 1.54) is 6.07 Å². The Hall–Kier alpha value is -3.21. The van der Waals surface area contributed by atoms with Gasteiger partial charge in [0.15, 0.2) is 0 Å². The van der Waals surface area contributed by atoms with Crippen LogP contribution in [0, 0.1) is 10.1 Å². The summed E-state index contributed by atoms with van der Waals surface area (Å²) in [5.74, 6) is 0. The molecule has 2 aromatic carbocycles. The maximum absolute atomic E-state index is 11.1. The molecule has 120 valence electrons. The Bertz CT molecular complexity index is 916. The average Bonchev–Trinajstić information content (AvgIpc) is 2.59. The van der Waals surface area contributed by atoms with Crippen molar-refractivity contribution in [1.82, 2.24) is 4.98 Å². The van der Waals surface area contributed by atoms with Crippen LogP contribution in [0.15, 0.2) is 54.7 Å². The standard InChI is InChI=1S/C19H17N3O2/c1-21(2)16-10-7-14(8-11-16)6-9-15-12-13-20-19-17(15)4-3-5-18(19)22(23)24/h3-13H,1-2H3/b9-6+. The van der Waals surface area contributed by atoms with Crippen molar-refractivity contribution in [3.63, 3.8) is 0 Å². The molecule has 3 rings (SSSR count). The van der Waals surface area contributed by atoms with E-state index in [9.17, 15) is 10.1 Å². The Kier molecular flexibility index (Phi) is 4.24. The van der Waals surface area contributed by atoms with Crippen LogP contribution >= 0.6 is 0 Å². The summed E-state index contributed by atoms with van der Waals surface area (Å²) in [5.41, 5.74) is 3.54. The Labute approximate surface area is 140 Å². The Morgan fingerprint density at radius 3 is 2.46 bits per heavy atom. The normalized spacial score (nSPS) is 11.1. The van der Waals surface area contributed by atoms with Crippen molar-refractivity contribution in [1.29, 1.82) is 0 Å². The van der Waals surface area contributed by atoms with Gasteiger partial charge in [-0.3, -0.25) is 10.1 Å². The molecule has 0 N–H and O–H groups in total. The van der Waals surface area contributed by atoms with Gasteiger partial charge in [0.2, 0.25) is 0 Å². The lowest BCUT2D eigenvalue weighted by Crippen LogP contribution is -2.07. The van der Waals surface area contributed by atoms with Gasteiger partial charge in [0, 0.05) is 37.4 Å². The Morgan fingerprint density at radius 2 is 1.79 bits per heavy atom. The van der Waals surface area contributed by atoms with Crippen molar-refractivity contribution >= 4 is 34.4 Å². The van der Waals surface area contributed by atoms with Crippen molar-refractivity contribution < 1.29 is 4.92 Å². The van der Waals surface area contributed by atoms with Gasteiger partial charge in [-0.2, -0.15) is 0 Å². The zero-order valence-corrected chi connectivity index (χ0v) is 13.5. The lowest BCUT2D eigenvalue weighted by atomic mass is 10.1. The van der Waals surface area contributed by atoms with E-state index in [0.29, 0.717) is 5.52 Å². The van der Waals surface area contributed by atoms with Crippen molar-refractivity contribution in [3.05, 3.63) is 76.0 Å². The summed E-state index contributed by atoms with van der Waals surface area (Å²) in [6.07, 6.45) is 5.55. The lowest BCUT2D eigenvalue weighted by molar-refractivity contribution is -0.383. The van der Waals surface area contributed by atoms with Crippen molar-refractivity contribution in [2.24, 2.45) is 0 Å². The molecule has 0 saturated carbocycles. The van der Waals surface area contributed by atoms with Crippen LogP contribution in [0.5, 0.6) is 0 Å². The van der Waals surface area contributed by atoms with Crippen LogP contribution in [0.3, 0.4) is 0 Å². The number of hydrogen-bond donors (Lipinski definition) is 0. The molecule has 5 nitrogen and oxygen atoms in total. The van der Waals surface area contributed by atoms with Crippen molar-refractivity contribution in [3.8, 4) is 0 Å². The van der Waals surface area contributed by atoms with E-state index in [0.717, 1.165) is 22.2 Å². The van der Waals surface area contributed by atoms with Gasteiger partial charge < -0.3 is 4.90 Å². The van der Waals surface area contributed by atoms with Crippen molar-refractivity contribution in [2.75, 3.05) is 19.0 Å². The third-order valence-corrected chi connectivity index (χ3v) is 3.84. The average molecular weight is 319 g/mol. The number of rotatable bonds is 4. The molecule has 0 spiro atoms. The van der Waals surface area contributed by atoms with Crippen molar-refractivity contribution in [2.45, 2.75) is 0 Å². The van der Waals surface area contributed by atoms with E-state index in [1.54, 1.807) is 12.3 Å². The number of nitrogens with zero attached hydrogens (tertiary/aromatic N) is 3. The number of fused-ring (bicyclic) bond motifs is 1. The van der Waals surface area contributed by atoms with E-state index in [2.05, 4.69) is 17.1 Å². The van der Waals surface area contributed by atoms with E-state index < -0.39 is 4.92 Å². The second-order valence-corrected chi connectivity index (χ2v) is 5.65. The molecule has 0 unspecified atom stereocenters. The molecule has 3 aromatic rings. The summed E-state index contributed by atoms with van der Waals surface area (Å²) in [7, 11) is 4.00. The summed E-state index contributed by atoms with van der Waals surface area (Å²) in [6.45, 7) is 0. The predicted octanol–water partition coefficient (Wildman–Crippen LogP) is 4.38. The fourth-order valence-electron chi connectivity index (χ4n) is 2.54. The molecule has 0 aliphatic heterocycles. The van der Waals surface area contributed by atoms with Gasteiger partial charge in [-0.05, 0) is 29.3 Å². The molecule has 1 aromatic heterocycles. The van der Waals surface area contributed by atoms with Gasteiger partial charge in [-0.25, -0.2) is 4.98 Å². The quantitative estimate of drug-likeness (QED) is 0.529. The van der Waals surface area contributed by atoms with Crippen LogP contribution in [0.1, 0.15) is 11.1 Å². The number of non-ortho nitro benzene ring substituents is 1. The molecular weight excluding hydrogens is 302 g/mol. The molecule has 0 aliphatic carbocycles. The zero-order chi connectivity index (χ0) is 17.1. The lowest BCUT2D eigenvalue weighted by Gasteiger charge is -2.11. The highest BCUT2D eigenvalue weighted by molar-refractivity contribution is 5.95. The molecule has 0 fully saturated rings. The van der Waals surface area contributed by atoms with Gasteiger partial charge in [-0.1, -0.05) is 36.4 Å². The number of nitro benzene ring substituents is 1. The number of hydrogen-bond acceptors (Lipinski definition) is 4. The first-order valence-corrected chi connectivity index (χ1v) is 7.54. The fourth-order valence-corrected chi connectivity index (χ4v) is 2.54. The molecule has 1 heterocycles. The number of para-hydroxylation sites is 1. The number of pyridine rings is 1. The Balaban J connectivity index is 1.98. The highest BCUT2D eigenvalue weighted by Crippen LogP contribution is 2.26. The monoisotopic (exact) mass is 319 g/mol. The molecule has 0 aliphatic rings. The number of anilines is 1. The first-order chi connectivity index (χ1) is 11.6. The number of nitro groups is 1. The van der Waals surface area contributed by atoms with E-state index in [1.807, 2.05) is 55.4 Å². The molecule has 24 heavy (non-hydrogen) atoms. The van der Waals surface area contributed by atoms with E-state index in [-0.39, 0.29) is 5.69 Å². The maximum Gasteiger partial charge on any atom is 0.295 e. The highest BCUT2D eigenvalue weighted by atomic mass is 16.6. The first kappa shape index (κ1) is 15.7. The Morgan fingerprint density at radius 1 is 1.04 bits per heavy atom. The highest BCUT2D eigenvalue weighted by Gasteiger charge is 2.13. The number of aromatic nitrogens is 1. The number of benzene rings is 2. The SMILES string of the molecule is CN(C)c1ccc(/C=C/c2ccnc3c([N+](=O)[O-])cccc23)cc1. The molecule has 0 radical (unpaired) electrons. The van der Waals surface area contributed by atoms with Crippen LogP contribution in [0.2, 0.25) is 0 Å². The zero-order valence-electron chi connectivity index (χ0n) is 13.5. The third kappa shape index (κ3) is 3.10. The molecule has 0 saturated heterocycles. The molecule has 0 amide bonds. The minimum Gasteiger partial charge on any atom is -0.378 e. The van der Waals surface area contributed by atoms with Gasteiger partial charge in [0.1, 0.15) is 5.52 Å². The topological polar surface area (TPSA) is 59.3 Å². The van der Waals surface area contributed by atoms with Gasteiger partial charge in [-0.15, -0.1) is 0 Å². The van der Waals surface area contributed by atoms with Crippen LogP contribution in [-0.4, -0.2) is 24.0 Å². The van der Waals surface area contributed by atoms with Crippen LogP contribution in [0.4, 0.5) is 11.4 Å². The largest absolute Gasteiger partial charge is 0.378 e. The summed E-state index contributed by atoms with van der Waals surface area (Å²) in [4.78, 5) is 16.9. The minimum absolute atomic E-state index is 0.0260.